The number of unbranched alkanes of at least 4 members (excludes halogenated alkanes) is 15. The van der Waals surface area contributed by atoms with Gasteiger partial charge in [0.2, 0.25) is 0 Å². The molecule has 0 rings (SSSR count). The van der Waals surface area contributed by atoms with Crippen molar-refractivity contribution in [1.82, 2.24) is 0 Å². The lowest BCUT2D eigenvalue weighted by atomic mass is 10.0. The highest BCUT2D eigenvalue weighted by atomic mass is 16.6. The highest BCUT2D eigenvalue weighted by molar-refractivity contribution is 5.71. The van der Waals surface area contributed by atoms with Crippen LogP contribution >= 0.6 is 0 Å². The summed E-state index contributed by atoms with van der Waals surface area (Å²) in [4.78, 5) is 38.0. The van der Waals surface area contributed by atoms with Gasteiger partial charge in [-0.05, 0) is 96.3 Å². The summed E-state index contributed by atoms with van der Waals surface area (Å²) < 4.78 is 16.7. The first-order valence-electron chi connectivity index (χ1n) is 26.5. The Morgan fingerprint density at radius 3 is 0.985 bits per heavy atom. The monoisotopic (exact) mass is 913 g/mol. The fraction of sp³-hybridized carbons (Fsp3) is 0.617. The van der Waals surface area contributed by atoms with Crippen LogP contribution in [0.3, 0.4) is 0 Å². The van der Waals surface area contributed by atoms with Crippen molar-refractivity contribution in [2.75, 3.05) is 13.2 Å². The minimum atomic E-state index is -0.830. The summed E-state index contributed by atoms with van der Waals surface area (Å²) >= 11 is 0. The van der Waals surface area contributed by atoms with E-state index in [1.165, 1.54) is 57.8 Å². The summed E-state index contributed by atoms with van der Waals surface area (Å²) in [6, 6.07) is 0. The zero-order valence-electron chi connectivity index (χ0n) is 42.4. The molecule has 0 N–H and O–H groups in total. The maximum atomic E-state index is 12.8. The van der Waals surface area contributed by atoms with Crippen LogP contribution in [0.2, 0.25) is 0 Å². The summed E-state index contributed by atoms with van der Waals surface area (Å²) in [5, 5.41) is 0. The Morgan fingerprint density at radius 1 is 0.318 bits per heavy atom. The maximum absolute atomic E-state index is 12.8. The molecule has 0 saturated carbocycles. The lowest BCUT2D eigenvalue weighted by molar-refractivity contribution is -0.166. The molecular weight excluding hydrogens is 817 g/mol. The van der Waals surface area contributed by atoms with E-state index in [9.17, 15) is 14.4 Å². The smallest absolute Gasteiger partial charge is 0.306 e. The van der Waals surface area contributed by atoms with E-state index in [2.05, 4.69) is 130 Å². The van der Waals surface area contributed by atoms with E-state index in [0.717, 1.165) is 116 Å². The molecule has 0 heterocycles. The Hall–Kier alpha value is -4.19. The van der Waals surface area contributed by atoms with Gasteiger partial charge in [0.15, 0.2) is 6.10 Å². The first kappa shape index (κ1) is 61.8. The van der Waals surface area contributed by atoms with Gasteiger partial charge in [-0.2, -0.15) is 0 Å². The van der Waals surface area contributed by atoms with Crippen LogP contribution in [-0.4, -0.2) is 37.2 Å². The minimum Gasteiger partial charge on any atom is -0.462 e. The van der Waals surface area contributed by atoms with E-state index in [4.69, 9.17) is 14.2 Å². The SMILES string of the molecule is CC/C=C\C/C=C\C/C=C\C/C=C\C/C=C\C/C=C\CCC(=O)O[C@H](COC(=O)CCCCCC/C=C\C/C=C\C/C=C\C/C=C\CC)COC(=O)CCCCCCCCCCCCCC. The number of esters is 3. The van der Waals surface area contributed by atoms with Gasteiger partial charge in [-0.15, -0.1) is 0 Å². The molecule has 0 aliphatic rings. The first-order valence-corrected chi connectivity index (χ1v) is 26.5. The third-order valence-electron chi connectivity index (χ3n) is 10.7. The van der Waals surface area contributed by atoms with Crippen molar-refractivity contribution in [3.05, 3.63) is 122 Å². The van der Waals surface area contributed by atoms with Crippen LogP contribution in [0, 0.1) is 0 Å². The van der Waals surface area contributed by atoms with Gasteiger partial charge in [0.25, 0.3) is 0 Å². The van der Waals surface area contributed by atoms with E-state index in [0.29, 0.717) is 19.3 Å². The van der Waals surface area contributed by atoms with Gasteiger partial charge in [-0.1, -0.05) is 226 Å². The minimum absolute atomic E-state index is 0.118. The highest BCUT2D eigenvalue weighted by Crippen LogP contribution is 2.14. The molecular formula is C60H96O6. The Morgan fingerprint density at radius 2 is 0.621 bits per heavy atom. The van der Waals surface area contributed by atoms with Crippen LogP contribution in [0.1, 0.15) is 220 Å². The van der Waals surface area contributed by atoms with Gasteiger partial charge in [0.05, 0.1) is 0 Å². The third kappa shape index (κ3) is 50.8. The molecule has 0 aromatic carbocycles. The summed E-state index contributed by atoms with van der Waals surface area (Å²) in [5.41, 5.74) is 0. The quantitative estimate of drug-likeness (QED) is 0.0262. The van der Waals surface area contributed by atoms with Crippen molar-refractivity contribution in [3.63, 3.8) is 0 Å². The molecule has 0 spiro atoms. The van der Waals surface area contributed by atoms with Crippen molar-refractivity contribution in [2.24, 2.45) is 0 Å². The van der Waals surface area contributed by atoms with Gasteiger partial charge in [0.1, 0.15) is 13.2 Å². The Kier molecular flexibility index (Phi) is 50.0. The summed E-state index contributed by atoms with van der Waals surface area (Å²) in [5.74, 6) is -1.03. The Bertz CT molecular complexity index is 1420. The number of rotatable bonds is 46. The molecule has 6 nitrogen and oxygen atoms in total. The lowest BCUT2D eigenvalue weighted by Gasteiger charge is -2.18. The van der Waals surface area contributed by atoms with Gasteiger partial charge in [-0.3, -0.25) is 14.4 Å². The standard InChI is InChI=1S/C60H96O6/c1-4-7-10-13-16-19-22-25-27-29-30-32-34-36-39-42-45-48-51-54-60(63)66-57(55-64-58(61)52-49-46-43-40-37-24-21-18-15-12-9-6-3)56-65-59(62)53-50-47-44-41-38-35-33-31-28-26-23-20-17-14-11-8-5-2/h7-8,10-11,16-17,19-20,25-28,30,32-33,35-36,39,45,48,57H,4-6,9,12-15,18,21-24,29,31,34,37-38,40-44,46-47,49-56H2,1-3H3/b10-7-,11-8-,19-16-,20-17-,27-25-,28-26-,32-30-,35-33-,39-36-,48-45-/t57-/m0/s1. The first-order chi connectivity index (χ1) is 32.5. The van der Waals surface area contributed by atoms with E-state index >= 15 is 0 Å². The van der Waals surface area contributed by atoms with Gasteiger partial charge < -0.3 is 14.2 Å². The molecule has 0 aliphatic heterocycles. The average Bonchev–Trinajstić information content (AvgIpc) is 3.31. The fourth-order valence-electron chi connectivity index (χ4n) is 6.81. The molecule has 0 radical (unpaired) electrons. The van der Waals surface area contributed by atoms with Gasteiger partial charge >= 0.3 is 17.9 Å². The number of allylic oxidation sites excluding steroid dienone is 20. The molecule has 0 unspecified atom stereocenters. The van der Waals surface area contributed by atoms with Crippen LogP contribution in [0.5, 0.6) is 0 Å². The average molecular weight is 913 g/mol. The normalized spacial score (nSPS) is 13.1. The van der Waals surface area contributed by atoms with Crippen LogP contribution in [0.4, 0.5) is 0 Å². The molecule has 0 bridgehead atoms. The topological polar surface area (TPSA) is 78.9 Å². The molecule has 0 amide bonds. The van der Waals surface area contributed by atoms with Crippen LogP contribution in [0.15, 0.2) is 122 Å². The van der Waals surface area contributed by atoms with E-state index in [-0.39, 0.29) is 31.6 Å². The van der Waals surface area contributed by atoms with Crippen molar-refractivity contribution in [3.8, 4) is 0 Å². The predicted molar refractivity (Wildman–Crippen MR) is 283 cm³/mol. The summed E-state index contributed by atoms with van der Waals surface area (Å²) in [6.45, 7) is 6.31. The second kappa shape index (κ2) is 53.4. The molecule has 66 heavy (non-hydrogen) atoms. The van der Waals surface area contributed by atoms with Crippen molar-refractivity contribution in [2.45, 2.75) is 226 Å². The zero-order chi connectivity index (χ0) is 47.9. The van der Waals surface area contributed by atoms with Gasteiger partial charge in [-0.25, -0.2) is 0 Å². The van der Waals surface area contributed by atoms with Crippen LogP contribution < -0.4 is 0 Å². The number of hydrogen-bond donors (Lipinski definition) is 0. The van der Waals surface area contributed by atoms with E-state index < -0.39 is 12.1 Å². The highest BCUT2D eigenvalue weighted by Gasteiger charge is 2.19. The predicted octanol–water partition coefficient (Wildman–Crippen LogP) is 17.7. The number of hydrogen-bond acceptors (Lipinski definition) is 6. The summed E-state index contributed by atoms with van der Waals surface area (Å²) in [7, 11) is 0. The molecule has 0 fully saturated rings. The van der Waals surface area contributed by atoms with Crippen LogP contribution in [0.25, 0.3) is 0 Å². The maximum Gasteiger partial charge on any atom is 0.306 e. The molecule has 0 aromatic heterocycles. The number of ether oxygens (including phenoxy) is 3. The molecule has 0 saturated heterocycles. The Labute approximate surface area is 405 Å². The fourth-order valence-corrected chi connectivity index (χ4v) is 6.81. The lowest BCUT2D eigenvalue weighted by Crippen LogP contribution is -2.30. The largest absolute Gasteiger partial charge is 0.462 e. The van der Waals surface area contributed by atoms with Gasteiger partial charge in [0, 0.05) is 19.3 Å². The number of carbonyl (C=O) groups is 3. The van der Waals surface area contributed by atoms with Crippen molar-refractivity contribution < 1.29 is 28.6 Å². The van der Waals surface area contributed by atoms with E-state index in [1.54, 1.807) is 0 Å². The molecule has 6 heteroatoms. The molecule has 372 valence electrons. The van der Waals surface area contributed by atoms with Crippen molar-refractivity contribution >= 4 is 17.9 Å². The zero-order valence-corrected chi connectivity index (χ0v) is 42.4. The van der Waals surface area contributed by atoms with Crippen molar-refractivity contribution in [1.29, 1.82) is 0 Å². The molecule has 0 aromatic rings. The molecule has 0 aliphatic carbocycles. The molecule has 1 atom stereocenters. The van der Waals surface area contributed by atoms with Crippen LogP contribution in [-0.2, 0) is 28.6 Å². The number of carbonyl (C=O) groups excluding carboxylic acids is 3. The summed E-state index contributed by atoms with van der Waals surface area (Å²) in [6.07, 6.45) is 73.3. The Balaban J connectivity index is 4.56. The van der Waals surface area contributed by atoms with E-state index in [1.807, 2.05) is 12.2 Å². The second-order valence-corrected chi connectivity index (χ2v) is 17.0. The third-order valence-corrected chi connectivity index (χ3v) is 10.7. The second-order valence-electron chi connectivity index (χ2n) is 17.0.